The normalized spacial score (nSPS) is 11.6. The maximum absolute atomic E-state index is 11.0. The Morgan fingerprint density at radius 1 is 1.32 bits per heavy atom. The molecule has 0 amide bonds. The fraction of sp³-hybridized carbons (Fsp3) is 0.333. The number of nitrogens with one attached hydrogen (secondary N) is 1. The van der Waals surface area contributed by atoms with Crippen LogP contribution in [0.1, 0.15) is 6.42 Å². The summed E-state index contributed by atoms with van der Waals surface area (Å²) < 4.78 is 22.1. The summed E-state index contributed by atoms with van der Waals surface area (Å²) in [5.74, 6) is 0.830. The largest absolute Gasteiger partial charge is 0.399 e. The lowest BCUT2D eigenvalue weighted by Gasteiger charge is -2.08. The summed E-state index contributed by atoms with van der Waals surface area (Å²) in [6.07, 6.45) is 3.23. The van der Waals surface area contributed by atoms with Gasteiger partial charge in [-0.25, -0.2) is 18.4 Å². The van der Waals surface area contributed by atoms with E-state index in [9.17, 15) is 8.42 Å². The molecule has 19 heavy (non-hydrogen) atoms. The molecule has 0 spiro atoms. The minimum Gasteiger partial charge on any atom is -0.399 e. The average molecular weight is 280 g/mol. The van der Waals surface area contributed by atoms with E-state index >= 15 is 0 Å². The summed E-state index contributed by atoms with van der Waals surface area (Å²) in [5, 5.41) is 3.95. The van der Waals surface area contributed by atoms with Crippen LogP contribution in [-0.4, -0.2) is 36.9 Å². The Bertz CT molecular complexity index is 685. The van der Waals surface area contributed by atoms with Gasteiger partial charge < -0.3 is 11.1 Å². The maximum atomic E-state index is 11.0. The van der Waals surface area contributed by atoms with Gasteiger partial charge >= 0.3 is 0 Å². The zero-order valence-electron chi connectivity index (χ0n) is 10.6. The Balaban J connectivity index is 2.10. The topological polar surface area (TPSA) is 98.0 Å². The summed E-state index contributed by atoms with van der Waals surface area (Å²) in [4.78, 5) is 8.30. The van der Waals surface area contributed by atoms with Crippen molar-refractivity contribution in [3.8, 4) is 0 Å². The Labute approximate surface area is 112 Å². The minimum absolute atomic E-state index is 0.158. The highest BCUT2D eigenvalue weighted by atomic mass is 32.2. The van der Waals surface area contributed by atoms with Crippen molar-refractivity contribution in [3.05, 3.63) is 24.5 Å². The molecule has 7 heteroatoms. The summed E-state index contributed by atoms with van der Waals surface area (Å²) >= 11 is 0. The second kappa shape index (κ2) is 5.40. The van der Waals surface area contributed by atoms with E-state index in [0.717, 1.165) is 10.9 Å². The molecule has 2 rings (SSSR count). The van der Waals surface area contributed by atoms with Crippen molar-refractivity contribution >= 4 is 32.2 Å². The van der Waals surface area contributed by atoms with Gasteiger partial charge in [-0.1, -0.05) is 0 Å². The van der Waals surface area contributed by atoms with E-state index in [1.165, 1.54) is 12.6 Å². The van der Waals surface area contributed by atoms with Gasteiger partial charge in [0.25, 0.3) is 0 Å². The second-order valence-electron chi connectivity index (χ2n) is 4.41. The number of hydrogen-bond acceptors (Lipinski definition) is 6. The molecule has 0 saturated carbocycles. The predicted octanol–water partition coefficient (Wildman–Crippen LogP) is 1.06. The average Bonchev–Trinajstić information content (AvgIpc) is 2.33. The highest BCUT2D eigenvalue weighted by Crippen LogP contribution is 2.21. The molecule has 0 bridgehead atoms. The Kier molecular flexibility index (Phi) is 3.84. The molecule has 3 N–H and O–H groups in total. The number of rotatable bonds is 5. The van der Waals surface area contributed by atoms with Crippen molar-refractivity contribution in [2.75, 3.05) is 29.6 Å². The third-order valence-electron chi connectivity index (χ3n) is 2.64. The van der Waals surface area contributed by atoms with Gasteiger partial charge in [0.1, 0.15) is 22.0 Å². The Morgan fingerprint density at radius 3 is 2.84 bits per heavy atom. The van der Waals surface area contributed by atoms with Crippen LogP contribution in [0, 0.1) is 0 Å². The second-order valence-corrected chi connectivity index (χ2v) is 6.67. The molecule has 0 fully saturated rings. The van der Waals surface area contributed by atoms with Crippen molar-refractivity contribution in [2.24, 2.45) is 0 Å². The zero-order chi connectivity index (χ0) is 13.9. The summed E-state index contributed by atoms with van der Waals surface area (Å²) in [5.41, 5.74) is 7.18. The number of sulfone groups is 1. The minimum atomic E-state index is -2.92. The van der Waals surface area contributed by atoms with Crippen LogP contribution < -0.4 is 11.1 Å². The number of aromatic nitrogens is 2. The summed E-state index contributed by atoms with van der Waals surface area (Å²) in [6, 6.07) is 5.41. The molecule has 1 heterocycles. The van der Waals surface area contributed by atoms with Gasteiger partial charge in [-0.15, -0.1) is 0 Å². The third kappa shape index (κ3) is 3.78. The van der Waals surface area contributed by atoms with Gasteiger partial charge in [0.15, 0.2) is 0 Å². The third-order valence-corrected chi connectivity index (χ3v) is 3.67. The first-order valence-electron chi connectivity index (χ1n) is 5.87. The van der Waals surface area contributed by atoms with Crippen molar-refractivity contribution in [3.63, 3.8) is 0 Å². The predicted molar refractivity (Wildman–Crippen MR) is 76.8 cm³/mol. The molecule has 0 saturated heterocycles. The van der Waals surface area contributed by atoms with Crippen molar-refractivity contribution in [1.29, 1.82) is 0 Å². The van der Waals surface area contributed by atoms with Crippen LogP contribution in [0.5, 0.6) is 0 Å². The number of benzene rings is 1. The van der Waals surface area contributed by atoms with E-state index in [1.54, 1.807) is 12.1 Å². The SMILES string of the molecule is CS(=O)(=O)CCCNc1ncnc2ccc(N)cc12. The highest BCUT2D eigenvalue weighted by molar-refractivity contribution is 7.90. The molecule has 2 aromatic rings. The first kappa shape index (κ1) is 13.5. The summed E-state index contributed by atoms with van der Waals surface area (Å²) in [6.45, 7) is 0.536. The molecular formula is C12H16N4O2S. The monoisotopic (exact) mass is 280 g/mol. The number of fused-ring (bicyclic) bond motifs is 1. The molecule has 0 radical (unpaired) electrons. The van der Waals surface area contributed by atoms with Crippen LogP contribution in [-0.2, 0) is 9.84 Å². The van der Waals surface area contributed by atoms with E-state index < -0.39 is 9.84 Å². The molecule has 1 aromatic heterocycles. The molecule has 102 valence electrons. The van der Waals surface area contributed by atoms with E-state index in [2.05, 4.69) is 15.3 Å². The van der Waals surface area contributed by atoms with Gasteiger partial charge in [-0.2, -0.15) is 0 Å². The molecule has 0 aliphatic heterocycles. The first-order valence-corrected chi connectivity index (χ1v) is 7.93. The van der Waals surface area contributed by atoms with Crippen molar-refractivity contribution < 1.29 is 8.42 Å². The van der Waals surface area contributed by atoms with Crippen LogP contribution in [0.2, 0.25) is 0 Å². The van der Waals surface area contributed by atoms with Crippen LogP contribution in [0.15, 0.2) is 24.5 Å². The fourth-order valence-electron chi connectivity index (χ4n) is 1.76. The number of nitrogen functional groups attached to an aromatic ring is 1. The highest BCUT2D eigenvalue weighted by Gasteiger charge is 2.05. The lowest BCUT2D eigenvalue weighted by atomic mass is 10.2. The van der Waals surface area contributed by atoms with Gasteiger partial charge in [0.2, 0.25) is 0 Å². The Morgan fingerprint density at radius 2 is 2.11 bits per heavy atom. The number of anilines is 2. The zero-order valence-corrected chi connectivity index (χ0v) is 11.4. The van der Waals surface area contributed by atoms with Gasteiger partial charge in [0, 0.05) is 23.9 Å². The van der Waals surface area contributed by atoms with Crippen molar-refractivity contribution in [1.82, 2.24) is 9.97 Å². The lowest BCUT2D eigenvalue weighted by molar-refractivity contribution is 0.600. The van der Waals surface area contributed by atoms with Crippen LogP contribution in [0.4, 0.5) is 11.5 Å². The van der Waals surface area contributed by atoms with Crippen LogP contribution >= 0.6 is 0 Å². The van der Waals surface area contributed by atoms with Crippen molar-refractivity contribution in [2.45, 2.75) is 6.42 Å². The number of nitrogens with two attached hydrogens (primary N) is 1. The quantitative estimate of drug-likeness (QED) is 0.627. The van der Waals surface area contributed by atoms with Gasteiger partial charge in [-0.05, 0) is 24.6 Å². The standard InChI is InChI=1S/C12H16N4O2S/c1-19(17,18)6-2-5-14-12-10-7-9(13)3-4-11(10)15-8-16-12/h3-4,7-8H,2,5-6,13H2,1H3,(H,14,15,16). The molecule has 0 aliphatic carbocycles. The van der Waals surface area contributed by atoms with Crippen LogP contribution in [0.3, 0.4) is 0 Å². The Hall–Kier alpha value is -1.89. The number of hydrogen-bond donors (Lipinski definition) is 2. The molecule has 0 unspecified atom stereocenters. The molecule has 1 aromatic carbocycles. The molecule has 0 aliphatic rings. The van der Waals surface area contributed by atoms with E-state index in [1.807, 2.05) is 6.07 Å². The fourth-order valence-corrected chi connectivity index (χ4v) is 2.42. The van der Waals surface area contributed by atoms with E-state index in [-0.39, 0.29) is 5.75 Å². The van der Waals surface area contributed by atoms with E-state index in [0.29, 0.717) is 24.5 Å². The maximum Gasteiger partial charge on any atom is 0.147 e. The molecular weight excluding hydrogens is 264 g/mol. The number of nitrogens with zero attached hydrogens (tertiary/aromatic N) is 2. The van der Waals surface area contributed by atoms with Gasteiger partial charge in [0.05, 0.1) is 11.3 Å². The molecule has 0 atom stereocenters. The lowest BCUT2D eigenvalue weighted by Crippen LogP contribution is -2.10. The van der Waals surface area contributed by atoms with Crippen LogP contribution in [0.25, 0.3) is 10.9 Å². The smallest absolute Gasteiger partial charge is 0.147 e. The summed E-state index contributed by atoms with van der Waals surface area (Å²) in [7, 11) is -2.92. The molecule has 6 nitrogen and oxygen atoms in total. The van der Waals surface area contributed by atoms with E-state index in [4.69, 9.17) is 5.73 Å². The van der Waals surface area contributed by atoms with Gasteiger partial charge in [-0.3, -0.25) is 0 Å². The first-order chi connectivity index (χ1) is 8.96.